The Morgan fingerprint density at radius 1 is 1.26 bits per heavy atom. The highest BCUT2D eigenvalue weighted by Crippen LogP contribution is 2.15. The molecule has 1 aromatic heterocycles. The number of benzene rings is 1. The first-order valence-electron chi connectivity index (χ1n) is 6.61. The second kappa shape index (κ2) is 6.85. The average molecular weight is 257 g/mol. The van der Waals surface area contributed by atoms with Crippen molar-refractivity contribution in [1.29, 1.82) is 0 Å². The highest BCUT2D eigenvalue weighted by atomic mass is 16.1. The zero-order valence-electron chi connectivity index (χ0n) is 11.1. The van der Waals surface area contributed by atoms with E-state index in [1.165, 1.54) is 5.56 Å². The second-order valence-corrected chi connectivity index (χ2v) is 4.37. The third-order valence-electron chi connectivity index (χ3n) is 2.96. The van der Waals surface area contributed by atoms with Crippen molar-refractivity contribution < 1.29 is 4.79 Å². The van der Waals surface area contributed by atoms with Gasteiger partial charge in [0.25, 0.3) is 0 Å². The van der Waals surface area contributed by atoms with Crippen molar-refractivity contribution in [3.63, 3.8) is 0 Å². The summed E-state index contributed by atoms with van der Waals surface area (Å²) in [5.74, 6) is 0.0922. The summed E-state index contributed by atoms with van der Waals surface area (Å²) in [6.07, 6.45) is 2.33. The summed E-state index contributed by atoms with van der Waals surface area (Å²) in [6.45, 7) is 4.05. The van der Waals surface area contributed by atoms with Gasteiger partial charge in [-0.3, -0.25) is 9.78 Å². The lowest BCUT2D eigenvalue weighted by Gasteiger charge is -2.07. The lowest BCUT2D eigenvalue weighted by Crippen LogP contribution is -2.27. The van der Waals surface area contributed by atoms with E-state index in [0.717, 1.165) is 17.4 Å². The minimum atomic E-state index is 0.0922. The van der Waals surface area contributed by atoms with E-state index in [-0.39, 0.29) is 5.91 Å². The number of rotatable bonds is 6. The van der Waals surface area contributed by atoms with Gasteiger partial charge in [-0.15, -0.1) is 0 Å². The summed E-state index contributed by atoms with van der Waals surface area (Å²) >= 11 is 0. The molecule has 0 radical (unpaired) electrons. The average Bonchev–Trinajstić information content (AvgIpc) is 2.44. The Kier molecular flexibility index (Phi) is 4.86. The highest BCUT2D eigenvalue weighted by molar-refractivity contribution is 5.81. The topological polar surface area (TPSA) is 54.0 Å². The zero-order valence-corrected chi connectivity index (χ0v) is 11.1. The van der Waals surface area contributed by atoms with Crippen LogP contribution in [0.4, 0.5) is 0 Å². The monoisotopic (exact) mass is 257 g/mol. The van der Waals surface area contributed by atoms with Crippen LogP contribution in [0, 0.1) is 0 Å². The first-order chi connectivity index (χ1) is 9.31. The van der Waals surface area contributed by atoms with E-state index in [9.17, 15) is 4.79 Å². The molecule has 100 valence electrons. The summed E-state index contributed by atoms with van der Waals surface area (Å²) in [5.41, 5.74) is 2.21. The van der Waals surface area contributed by atoms with E-state index in [2.05, 4.69) is 21.7 Å². The Hall–Kier alpha value is -1.94. The van der Waals surface area contributed by atoms with Crippen molar-refractivity contribution in [2.45, 2.75) is 19.9 Å². The minimum absolute atomic E-state index is 0.0922. The molecule has 1 amide bonds. The summed E-state index contributed by atoms with van der Waals surface area (Å²) in [4.78, 5) is 15.6. The van der Waals surface area contributed by atoms with E-state index >= 15 is 0 Å². The van der Waals surface area contributed by atoms with Gasteiger partial charge < -0.3 is 10.6 Å². The third kappa shape index (κ3) is 3.76. The lowest BCUT2D eigenvalue weighted by molar-refractivity contribution is -0.120. The Morgan fingerprint density at radius 2 is 2.11 bits per heavy atom. The van der Waals surface area contributed by atoms with Crippen LogP contribution in [0.2, 0.25) is 0 Å². The van der Waals surface area contributed by atoms with Gasteiger partial charge in [0.15, 0.2) is 0 Å². The summed E-state index contributed by atoms with van der Waals surface area (Å²) < 4.78 is 0. The molecule has 0 bridgehead atoms. The van der Waals surface area contributed by atoms with Gasteiger partial charge in [-0.2, -0.15) is 0 Å². The van der Waals surface area contributed by atoms with Gasteiger partial charge in [0.2, 0.25) is 5.91 Å². The van der Waals surface area contributed by atoms with Crippen LogP contribution in [0.3, 0.4) is 0 Å². The van der Waals surface area contributed by atoms with E-state index in [1.54, 1.807) is 0 Å². The number of fused-ring (bicyclic) bond motifs is 1. The zero-order chi connectivity index (χ0) is 13.5. The number of hydrogen-bond acceptors (Lipinski definition) is 3. The first-order valence-corrected chi connectivity index (χ1v) is 6.61. The summed E-state index contributed by atoms with van der Waals surface area (Å²) in [5, 5.41) is 7.24. The lowest BCUT2D eigenvalue weighted by atomic mass is 10.1. The molecule has 19 heavy (non-hydrogen) atoms. The van der Waals surface area contributed by atoms with Gasteiger partial charge >= 0.3 is 0 Å². The van der Waals surface area contributed by atoms with Crippen LogP contribution in [0.25, 0.3) is 10.9 Å². The van der Waals surface area contributed by atoms with Crippen molar-refractivity contribution in [2.75, 3.05) is 13.1 Å². The number of carbonyl (C=O) groups excluding carboxylic acids is 1. The smallest absolute Gasteiger partial charge is 0.221 e. The van der Waals surface area contributed by atoms with Crippen molar-refractivity contribution in [1.82, 2.24) is 15.6 Å². The van der Waals surface area contributed by atoms with Gasteiger partial charge in [-0.25, -0.2) is 0 Å². The number of amides is 1. The molecule has 2 rings (SSSR count). The maximum Gasteiger partial charge on any atom is 0.221 e. The van der Waals surface area contributed by atoms with E-state index in [1.807, 2.05) is 37.4 Å². The van der Waals surface area contributed by atoms with Crippen LogP contribution in [0.15, 0.2) is 36.5 Å². The van der Waals surface area contributed by atoms with E-state index < -0.39 is 0 Å². The van der Waals surface area contributed by atoms with Gasteiger partial charge in [-0.05, 0) is 24.6 Å². The standard InChI is InChI=1S/C15H19N3O/c1-2-17-15(19)8-9-16-11-12-7-10-18-14-6-4-3-5-13(12)14/h3-7,10,16H,2,8-9,11H2,1H3,(H,17,19). The number of carbonyl (C=O) groups is 1. The molecule has 0 spiro atoms. The Morgan fingerprint density at radius 3 is 2.95 bits per heavy atom. The molecule has 1 aromatic carbocycles. The molecule has 1 heterocycles. The maximum atomic E-state index is 11.3. The second-order valence-electron chi connectivity index (χ2n) is 4.37. The number of para-hydroxylation sites is 1. The predicted octanol–water partition coefficient (Wildman–Crippen LogP) is 1.85. The number of aromatic nitrogens is 1. The van der Waals surface area contributed by atoms with Gasteiger partial charge in [0.1, 0.15) is 0 Å². The molecular formula is C15H19N3O. The number of nitrogens with zero attached hydrogens (tertiary/aromatic N) is 1. The van der Waals surface area contributed by atoms with Gasteiger partial charge in [0, 0.05) is 37.6 Å². The van der Waals surface area contributed by atoms with E-state index in [0.29, 0.717) is 19.5 Å². The normalized spacial score (nSPS) is 10.6. The molecule has 4 nitrogen and oxygen atoms in total. The SMILES string of the molecule is CCNC(=O)CCNCc1ccnc2ccccc12. The van der Waals surface area contributed by atoms with Crippen LogP contribution in [-0.4, -0.2) is 24.0 Å². The van der Waals surface area contributed by atoms with Crippen molar-refractivity contribution >= 4 is 16.8 Å². The van der Waals surface area contributed by atoms with Crippen molar-refractivity contribution in [2.24, 2.45) is 0 Å². The molecule has 4 heteroatoms. The number of hydrogen-bond donors (Lipinski definition) is 2. The largest absolute Gasteiger partial charge is 0.356 e. The molecule has 0 saturated carbocycles. The van der Waals surface area contributed by atoms with Crippen LogP contribution >= 0.6 is 0 Å². The molecular weight excluding hydrogens is 238 g/mol. The molecule has 2 N–H and O–H groups in total. The van der Waals surface area contributed by atoms with Crippen LogP contribution in [0.5, 0.6) is 0 Å². The van der Waals surface area contributed by atoms with Gasteiger partial charge in [0.05, 0.1) is 5.52 Å². The molecule has 0 fully saturated rings. The molecule has 0 aliphatic heterocycles. The van der Waals surface area contributed by atoms with Gasteiger partial charge in [-0.1, -0.05) is 18.2 Å². The molecule has 0 atom stereocenters. The van der Waals surface area contributed by atoms with Crippen LogP contribution < -0.4 is 10.6 Å². The number of pyridine rings is 1. The predicted molar refractivity (Wildman–Crippen MR) is 76.8 cm³/mol. The molecule has 0 aliphatic rings. The molecule has 0 aliphatic carbocycles. The summed E-state index contributed by atoms with van der Waals surface area (Å²) in [7, 11) is 0. The fourth-order valence-corrected chi connectivity index (χ4v) is 2.02. The fourth-order valence-electron chi connectivity index (χ4n) is 2.02. The molecule has 0 unspecified atom stereocenters. The Balaban J connectivity index is 1.90. The Bertz CT molecular complexity index is 549. The van der Waals surface area contributed by atoms with E-state index in [4.69, 9.17) is 0 Å². The molecule has 0 saturated heterocycles. The maximum absolute atomic E-state index is 11.3. The van der Waals surface area contributed by atoms with Crippen molar-refractivity contribution in [3.8, 4) is 0 Å². The highest BCUT2D eigenvalue weighted by Gasteiger charge is 2.02. The number of nitrogens with one attached hydrogen (secondary N) is 2. The Labute approximate surface area is 113 Å². The molecule has 2 aromatic rings. The first kappa shape index (κ1) is 13.5. The van der Waals surface area contributed by atoms with Crippen LogP contribution in [0.1, 0.15) is 18.9 Å². The summed E-state index contributed by atoms with van der Waals surface area (Å²) in [6, 6.07) is 10.1. The minimum Gasteiger partial charge on any atom is -0.356 e. The third-order valence-corrected chi connectivity index (χ3v) is 2.96. The van der Waals surface area contributed by atoms with Crippen molar-refractivity contribution in [3.05, 3.63) is 42.1 Å². The van der Waals surface area contributed by atoms with Crippen LogP contribution in [-0.2, 0) is 11.3 Å². The fraction of sp³-hybridized carbons (Fsp3) is 0.333. The quantitative estimate of drug-likeness (QED) is 0.777.